The average Bonchev–Trinajstić information content (AvgIpc) is 2.16. The van der Waals surface area contributed by atoms with E-state index < -0.39 is 23.4 Å². The molecule has 0 radical (unpaired) electrons. The van der Waals surface area contributed by atoms with Crippen LogP contribution in [-0.4, -0.2) is 11.6 Å². The van der Waals surface area contributed by atoms with Gasteiger partial charge >= 0.3 is 6.18 Å². The summed E-state index contributed by atoms with van der Waals surface area (Å²) in [5.74, 6) is 0. The molecule has 0 fully saturated rings. The first-order chi connectivity index (χ1) is 8.51. The fourth-order valence-electron chi connectivity index (χ4n) is 1.81. The molecular formula is C12H14F3N2O2-. The Labute approximate surface area is 108 Å². The lowest BCUT2D eigenvalue weighted by molar-refractivity contribution is -0.252. The smallest absolute Gasteiger partial charge is 0.416 e. The number of carboxylic acid groups (broad SMARTS) is 1. The Morgan fingerprint density at radius 2 is 1.95 bits per heavy atom. The summed E-state index contributed by atoms with van der Waals surface area (Å²) in [6.45, 7) is 2.94. The van der Waals surface area contributed by atoms with Gasteiger partial charge in [-0.2, -0.15) is 13.2 Å². The fraction of sp³-hybridized carbons (Fsp3) is 0.417. The van der Waals surface area contributed by atoms with Crippen LogP contribution in [-0.2, 0) is 12.6 Å². The van der Waals surface area contributed by atoms with Crippen molar-refractivity contribution in [2.75, 3.05) is 5.73 Å². The first-order valence-corrected chi connectivity index (χ1v) is 5.46. The van der Waals surface area contributed by atoms with Gasteiger partial charge in [-0.05, 0) is 38.0 Å². The van der Waals surface area contributed by atoms with Gasteiger partial charge in [-0.3, -0.25) is 0 Å². The predicted molar refractivity (Wildman–Crippen MR) is 62.2 cm³/mol. The van der Waals surface area contributed by atoms with Crippen molar-refractivity contribution in [3.05, 3.63) is 29.3 Å². The zero-order valence-electron chi connectivity index (χ0n) is 10.5. The first-order valence-electron chi connectivity index (χ1n) is 5.46. The van der Waals surface area contributed by atoms with Crippen molar-refractivity contribution in [3.8, 4) is 0 Å². The van der Waals surface area contributed by atoms with Crippen molar-refractivity contribution in [2.24, 2.45) is 0 Å². The van der Waals surface area contributed by atoms with Crippen LogP contribution >= 0.6 is 0 Å². The molecule has 0 atom stereocenters. The van der Waals surface area contributed by atoms with Crippen LogP contribution in [0.15, 0.2) is 18.2 Å². The highest BCUT2D eigenvalue weighted by Crippen LogP contribution is 2.34. The highest BCUT2D eigenvalue weighted by Gasteiger charge is 2.34. The number of halogens is 3. The maximum absolute atomic E-state index is 12.9. The van der Waals surface area contributed by atoms with Crippen molar-refractivity contribution in [3.63, 3.8) is 0 Å². The molecule has 0 aliphatic carbocycles. The lowest BCUT2D eigenvalue weighted by Gasteiger charge is -2.29. The third-order valence-corrected chi connectivity index (χ3v) is 2.51. The lowest BCUT2D eigenvalue weighted by atomic mass is 9.91. The van der Waals surface area contributed by atoms with Crippen LogP contribution in [0, 0.1) is 0 Å². The number of rotatable bonds is 3. The van der Waals surface area contributed by atoms with Crippen molar-refractivity contribution in [1.82, 2.24) is 5.32 Å². The molecule has 0 aromatic heterocycles. The Morgan fingerprint density at radius 3 is 2.42 bits per heavy atom. The number of amides is 1. The van der Waals surface area contributed by atoms with E-state index in [1.54, 1.807) is 0 Å². The van der Waals surface area contributed by atoms with Crippen LogP contribution in [0.25, 0.3) is 0 Å². The van der Waals surface area contributed by atoms with E-state index in [2.05, 4.69) is 5.32 Å². The highest BCUT2D eigenvalue weighted by molar-refractivity contribution is 5.63. The number of carbonyl (C=O) groups excluding carboxylic acids is 1. The van der Waals surface area contributed by atoms with Crippen molar-refractivity contribution in [2.45, 2.75) is 32.0 Å². The quantitative estimate of drug-likeness (QED) is 0.821. The van der Waals surface area contributed by atoms with Gasteiger partial charge in [0, 0.05) is 11.2 Å². The highest BCUT2D eigenvalue weighted by atomic mass is 19.4. The minimum absolute atomic E-state index is 0.00161. The number of hydrogen-bond donors (Lipinski definition) is 2. The van der Waals surface area contributed by atoms with Crippen LogP contribution < -0.4 is 16.2 Å². The minimum atomic E-state index is -4.54. The van der Waals surface area contributed by atoms with Gasteiger partial charge in [0.2, 0.25) is 0 Å². The van der Waals surface area contributed by atoms with E-state index in [0.29, 0.717) is 0 Å². The largest absolute Gasteiger partial charge is 0.530 e. The number of hydrogen-bond acceptors (Lipinski definition) is 3. The van der Waals surface area contributed by atoms with Gasteiger partial charge in [0.05, 0.1) is 5.56 Å². The van der Waals surface area contributed by atoms with E-state index in [4.69, 9.17) is 5.73 Å². The molecule has 1 aromatic carbocycles. The number of nitrogens with two attached hydrogens (primary N) is 1. The summed E-state index contributed by atoms with van der Waals surface area (Å²) in [5, 5.41) is 12.5. The SMILES string of the molecule is CC(C)(Cc1ccc(N)cc1C(F)(F)F)NC(=O)[O-]. The second-order valence-electron chi connectivity index (χ2n) is 4.89. The molecule has 19 heavy (non-hydrogen) atoms. The molecule has 7 heteroatoms. The van der Waals surface area contributed by atoms with Crippen molar-refractivity contribution >= 4 is 11.8 Å². The maximum Gasteiger partial charge on any atom is 0.416 e. The molecule has 0 saturated carbocycles. The third-order valence-electron chi connectivity index (χ3n) is 2.51. The summed E-state index contributed by atoms with van der Waals surface area (Å²) in [6.07, 6.45) is -6.20. The monoisotopic (exact) mass is 275 g/mol. The summed E-state index contributed by atoms with van der Waals surface area (Å²) < 4.78 is 38.6. The van der Waals surface area contributed by atoms with Gasteiger partial charge in [-0.15, -0.1) is 0 Å². The molecule has 0 saturated heterocycles. The first kappa shape index (κ1) is 15.1. The molecule has 4 nitrogen and oxygen atoms in total. The Balaban J connectivity index is 3.11. The molecule has 1 aromatic rings. The minimum Gasteiger partial charge on any atom is -0.530 e. The van der Waals surface area contributed by atoms with Crippen molar-refractivity contribution < 1.29 is 23.1 Å². The van der Waals surface area contributed by atoms with Gasteiger partial charge < -0.3 is 21.0 Å². The summed E-state index contributed by atoms with van der Waals surface area (Å²) in [5.41, 5.74) is 3.39. The molecule has 0 aliphatic rings. The molecule has 1 rings (SSSR count). The topological polar surface area (TPSA) is 78.2 Å². The van der Waals surface area contributed by atoms with Gasteiger partial charge in [-0.25, -0.2) is 0 Å². The van der Waals surface area contributed by atoms with Crippen LogP contribution in [0.5, 0.6) is 0 Å². The van der Waals surface area contributed by atoms with E-state index in [1.165, 1.54) is 26.0 Å². The Bertz CT molecular complexity index is 484. The molecule has 106 valence electrons. The molecular weight excluding hydrogens is 261 g/mol. The number of nitrogens with one attached hydrogen (secondary N) is 1. The Hall–Kier alpha value is -1.92. The molecule has 0 heterocycles. The molecule has 0 unspecified atom stereocenters. The number of alkyl halides is 3. The van der Waals surface area contributed by atoms with E-state index in [-0.39, 0.29) is 17.7 Å². The number of nitrogen functional groups attached to an aromatic ring is 1. The lowest BCUT2D eigenvalue weighted by Crippen LogP contribution is -2.50. The fourth-order valence-corrected chi connectivity index (χ4v) is 1.81. The molecule has 3 N–H and O–H groups in total. The summed E-state index contributed by atoms with van der Waals surface area (Å²) in [6, 6.07) is 3.43. The van der Waals surface area contributed by atoms with Gasteiger partial charge in [0.1, 0.15) is 6.09 Å². The van der Waals surface area contributed by atoms with Crippen molar-refractivity contribution in [1.29, 1.82) is 0 Å². The number of carbonyl (C=O) groups is 1. The van der Waals surface area contributed by atoms with Crippen LogP contribution in [0.1, 0.15) is 25.0 Å². The van der Waals surface area contributed by atoms with Crippen LogP contribution in [0.3, 0.4) is 0 Å². The van der Waals surface area contributed by atoms with E-state index in [9.17, 15) is 23.1 Å². The standard InChI is InChI=1S/C12H15F3N2O2/c1-11(2,17-10(18)19)6-7-3-4-8(16)5-9(7)12(13,14)15/h3-5,17H,6,16H2,1-2H3,(H,18,19)/p-1. The zero-order valence-corrected chi connectivity index (χ0v) is 10.5. The van der Waals surface area contributed by atoms with Crippen LogP contribution in [0.4, 0.5) is 23.7 Å². The summed E-state index contributed by atoms with van der Waals surface area (Å²) in [4.78, 5) is 10.5. The molecule has 0 bridgehead atoms. The molecule has 0 spiro atoms. The zero-order chi connectivity index (χ0) is 14.8. The van der Waals surface area contributed by atoms with Gasteiger partial charge in [0.25, 0.3) is 0 Å². The van der Waals surface area contributed by atoms with Gasteiger partial charge in [-0.1, -0.05) is 6.07 Å². The van der Waals surface area contributed by atoms with E-state index in [1.807, 2.05) is 0 Å². The number of anilines is 1. The molecule has 1 amide bonds. The normalized spacial score (nSPS) is 12.3. The number of benzene rings is 1. The molecule has 0 aliphatic heterocycles. The summed E-state index contributed by atoms with van der Waals surface area (Å²) in [7, 11) is 0. The summed E-state index contributed by atoms with van der Waals surface area (Å²) >= 11 is 0. The average molecular weight is 275 g/mol. The third kappa shape index (κ3) is 4.35. The maximum atomic E-state index is 12.9. The van der Waals surface area contributed by atoms with E-state index >= 15 is 0 Å². The van der Waals surface area contributed by atoms with Crippen LogP contribution in [0.2, 0.25) is 0 Å². The Kier molecular flexibility index (Phi) is 3.97. The van der Waals surface area contributed by atoms with Gasteiger partial charge in [0.15, 0.2) is 0 Å². The predicted octanol–water partition coefficient (Wildman–Crippen LogP) is 1.54. The second kappa shape index (κ2) is 4.99. The second-order valence-corrected chi connectivity index (χ2v) is 4.89. The Morgan fingerprint density at radius 1 is 1.37 bits per heavy atom. The van der Waals surface area contributed by atoms with E-state index in [0.717, 1.165) is 6.07 Å².